The molecule has 0 aliphatic carbocycles. The first-order valence-corrected chi connectivity index (χ1v) is 5.22. The Bertz CT molecular complexity index is 629. The van der Waals surface area contributed by atoms with Gasteiger partial charge in [-0.25, -0.2) is 4.98 Å². The number of hydrogen-bond acceptors (Lipinski definition) is 4. The average Bonchev–Trinajstić information content (AvgIpc) is 2.34. The van der Waals surface area contributed by atoms with Crippen LogP contribution in [-0.2, 0) is 0 Å². The topological polar surface area (TPSA) is 95.1 Å². The fraction of sp³-hybridized carbons (Fsp3) is 0.0833. The number of aromatic hydroxyl groups is 1. The molecule has 0 fully saturated rings. The van der Waals surface area contributed by atoms with E-state index < -0.39 is 5.91 Å². The second kappa shape index (κ2) is 4.70. The number of phenols is 1. The molecule has 2 aromatic rings. The van der Waals surface area contributed by atoms with Crippen LogP contribution in [0.25, 0.3) is 0 Å². The van der Waals surface area contributed by atoms with Crippen molar-refractivity contribution < 1.29 is 9.90 Å². The van der Waals surface area contributed by atoms with E-state index in [1.807, 2.05) is 0 Å². The lowest BCUT2D eigenvalue weighted by Gasteiger charge is -2.06. The van der Waals surface area contributed by atoms with E-state index in [-0.39, 0.29) is 17.0 Å². The van der Waals surface area contributed by atoms with E-state index in [0.717, 1.165) is 11.8 Å². The number of rotatable bonds is 2. The fourth-order valence-electron chi connectivity index (χ4n) is 1.35. The van der Waals surface area contributed by atoms with Crippen LogP contribution in [0.2, 0.25) is 0 Å². The Balaban J connectivity index is 2.18. The molecular weight excluding hydrogens is 234 g/mol. The highest BCUT2D eigenvalue weighted by molar-refractivity contribution is 6.02. The molecule has 0 spiro atoms. The maximum atomic E-state index is 11.7. The van der Waals surface area contributed by atoms with Gasteiger partial charge in [-0.3, -0.25) is 9.59 Å². The van der Waals surface area contributed by atoms with Gasteiger partial charge in [0.2, 0.25) is 0 Å². The molecule has 0 atom stereocenters. The van der Waals surface area contributed by atoms with Crippen LogP contribution in [-0.4, -0.2) is 21.0 Å². The second-order valence-corrected chi connectivity index (χ2v) is 3.75. The second-order valence-electron chi connectivity index (χ2n) is 3.75. The van der Waals surface area contributed by atoms with Crippen molar-refractivity contribution in [2.45, 2.75) is 6.92 Å². The highest BCUT2D eigenvalue weighted by atomic mass is 16.3. The predicted octanol–water partition coefficient (Wildman–Crippen LogP) is 1.04. The van der Waals surface area contributed by atoms with E-state index >= 15 is 0 Å². The van der Waals surface area contributed by atoms with E-state index in [9.17, 15) is 14.7 Å². The molecule has 3 N–H and O–H groups in total. The predicted molar refractivity (Wildman–Crippen MR) is 65.7 cm³/mol. The van der Waals surface area contributed by atoms with Crippen LogP contribution in [0.5, 0.6) is 5.75 Å². The smallest absolute Gasteiger partial charge is 0.275 e. The molecule has 92 valence electrons. The van der Waals surface area contributed by atoms with Gasteiger partial charge in [0.25, 0.3) is 11.5 Å². The molecule has 0 radical (unpaired) electrons. The summed E-state index contributed by atoms with van der Waals surface area (Å²) in [5, 5.41) is 12.1. The number of carbonyl (C=O) groups excluding carboxylic acids is 1. The van der Waals surface area contributed by atoms with E-state index in [2.05, 4.69) is 15.3 Å². The molecule has 1 amide bonds. The SMILES string of the molecule is Cc1ccc(NC(=O)c2c[nH]c(=O)cn2)cc1O. The Morgan fingerprint density at radius 1 is 1.44 bits per heavy atom. The summed E-state index contributed by atoms with van der Waals surface area (Å²) in [6.45, 7) is 1.75. The lowest BCUT2D eigenvalue weighted by molar-refractivity contribution is 0.102. The summed E-state index contributed by atoms with van der Waals surface area (Å²) in [5.41, 5.74) is 0.889. The van der Waals surface area contributed by atoms with Crippen LogP contribution in [0.15, 0.2) is 35.4 Å². The number of benzene rings is 1. The Kier molecular flexibility index (Phi) is 3.09. The molecule has 0 aliphatic rings. The summed E-state index contributed by atoms with van der Waals surface area (Å²) < 4.78 is 0. The minimum atomic E-state index is -0.463. The minimum Gasteiger partial charge on any atom is -0.508 e. The standard InChI is InChI=1S/C12H11N3O3/c1-7-2-3-8(4-10(7)16)15-12(18)9-5-14-11(17)6-13-9/h2-6,16H,1H3,(H,14,17)(H,15,18). The van der Waals surface area contributed by atoms with Crippen molar-refractivity contribution in [2.75, 3.05) is 5.32 Å². The van der Waals surface area contributed by atoms with Gasteiger partial charge in [-0.05, 0) is 18.6 Å². The van der Waals surface area contributed by atoms with Crippen LogP contribution >= 0.6 is 0 Å². The number of phenolic OH excluding ortho intramolecular Hbond substituents is 1. The van der Waals surface area contributed by atoms with Gasteiger partial charge >= 0.3 is 0 Å². The summed E-state index contributed by atoms with van der Waals surface area (Å²) in [5.74, 6) is -0.364. The monoisotopic (exact) mass is 245 g/mol. The van der Waals surface area contributed by atoms with Gasteiger partial charge < -0.3 is 15.4 Å². The van der Waals surface area contributed by atoms with Gasteiger partial charge in [0.15, 0.2) is 0 Å². The fourth-order valence-corrected chi connectivity index (χ4v) is 1.35. The maximum Gasteiger partial charge on any atom is 0.275 e. The van der Waals surface area contributed by atoms with Crippen LogP contribution in [0, 0.1) is 6.92 Å². The van der Waals surface area contributed by atoms with Crippen LogP contribution in [0.3, 0.4) is 0 Å². The van der Waals surface area contributed by atoms with E-state index in [1.54, 1.807) is 19.1 Å². The molecule has 18 heavy (non-hydrogen) atoms. The number of H-pyrrole nitrogens is 1. The molecular formula is C12H11N3O3. The first-order chi connectivity index (χ1) is 8.56. The van der Waals surface area contributed by atoms with Crippen molar-refractivity contribution in [2.24, 2.45) is 0 Å². The third kappa shape index (κ3) is 2.54. The normalized spacial score (nSPS) is 10.1. The molecule has 1 aromatic carbocycles. The number of aryl methyl sites for hydroxylation is 1. The van der Waals surface area contributed by atoms with E-state index in [4.69, 9.17) is 0 Å². The maximum absolute atomic E-state index is 11.7. The minimum absolute atomic E-state index is 0.0923. The van der Waals surface area contributed by atoms with E-state index in [0.29, 0.717) is 5.69 Å². The molecule has 1 aromatic heterocycles. The van der Waals surface area contributed by atoms with Gasteiger partial charge in [-0.1, -0.05) is 6.07 Å². The number of aromatic nitrogens is 2. The number of nitrogens with one attached hydrogen (secondary N) is 2. The van der Waals surface area contributed by atoms with Crippen LogP contribution in [0.1, 0.15) is 16.1 Å². The largest absolute Gasteiger partial charge is 0.508 e. The number of amides is 1. The molecule has 0 saturated heterocycles. The molecule has 0 saturated carbocycles. The molecule has 1 heterocycles. The van der Waals surface area contributed by atoms with Crippen molar-refractivity contribution >= 4 is 11.6 Å². The van der Waals surface area contributed by atoms with Crippen molar-refractivity contribution in [1.82, 2.24) is 9.97 Å². The molecule has 6 nitrogen and oxygen atoms in total. The summed E-state index contributed by atoms with van der Waals surface area (Å²) in [6.07, 6.45) is 2.26. The summed E-state index contributed by atoms with van der Waals surface area (Å²) in [4.78, 5) is 28.6. The zero-order chi connectivity index (χ0) is 13.1. The third-order valence-corrected chi connectivity index (χ3v) is 2.37. The summed E-state index contributed by atoms with van der Waals surface area (Å²) in [6, 6.07) is 4.79. The first kappa shape index (κ1) is 11.8. The van der Waals surface area contributed by atoms with Crippen molar-refractivity contribution in [3.05, 3.63) is 52.2 Å². The van der Waals surface area contributed by atoms with Gasteiger partial charge in [-0.15, -0.1) is 0 Å². The number of anilines is 1. The van der Waals surface area contributed by atoms with E-state index in [1.165, 1.54) is 12.3 Å². The average molecular weight is 245 g/mol. The highest BCUT2D eigenvalue weighted by Gasteiger charge is 2.08. The number of hydrogen-bond donors (Lipinski definition) is 3. The molecule has 0 bridgehead atoms. The van der Waals surface area contributed by atoms with Crippen LogP contribution < -0.4 is 10.9 Å². The van der Waals surface area contributed by atoms with Crippen molar-refractivity contribution in [3.8, 4) is 5.75 Å². The third-order valence-electron chi connectivity index (χ3n) is 2.37. The molecule has 2 rings (SSSR count). The lowest BCUT2D eigenvalue weighted by Crippen LogP contribution is -2.16. The van der Waals surface area contributed by atoms with Gasteiger partial charge in [-0.2, -0.15) is 0 Å². The first-order valence-electron chi connectivity index (χ1n) is 5.22. The van der Waals surface area contributed by atoms with Crippen LogP contribution in [0.4, 0.5) is 5.69 Å². The Morgan fingerprint density at radius 2 is 2.22 bits per heavy atom. The Hall–Kier alpha value is -2.63. The van der Waals surface area contributed by atoms with Gasteiger partial charge in [0.1, 0.15) is 11.4 Å². The van der Waals surface area contributed by atoms with Gasteiger partial charge in [0.05, 0.1) is 6.20 Å². The number of nitrogens with zero attached hydrogens (tertiary/aromatic N) is 1. The molecule has 0 aliphatic heterocycles. The Morgan fingerprint density at radius 3 is 2.83 bits per heavy atom. The Labute approximate surface area is 102 Å². The van der Waals surface area contributed by atoms with Crippen molar-refractivity contribution in [3.63, 3.8) is 0 Å². The zero-order valence-electron chi connectivity index (χ0n) is 9.60. The quantitative estimate of drug-likeness (QED) is 0.736. The van der Waals surface area contributed by atoms with Crippen molar-refractivity contribution in [1.29, 1.82) is 0 Å². The zero-order valence-corrected chi connectivity index (χ0v) is 9.60. The number of carbonyl (C=O) groups is 1. The summed E-state index contributed by atoms with van der Waals surface area (Å²) >= 11 is 0. The molecule has 6 heteroatoms. The highest BCUT2D eigenvalue weighted by Crippen LogP contribution is 2.20. The van der Waals surface area contributed by atoms with Gasteiger partial charge in [0, 0.05) is 18.0 Å². The molecule has 0 unspecified atom stereocenters. The summed E-state index contributed by atoms with van der Waals surface area (Å²) in [7, 11) is 0. The lowest BCUT2D eigenvalue weighted by atomic mass is 10.2. The number of aromatic amines is 1.